The molecule has 88 valence electrons. The van der Waals surface area contributed by atoms with Gasteiger partial charge in [0, 0.05) is 13.2 Å². The number of carbonyl (C=O) groups excluding carboxylic acids is 1. The van der Waals surface area contributed by atoms with Crippen LogP contribution in [0.25, 0.3) is 0 Å². The lowest BCUT2D eigenvalue weighted by Gasteiger charge is -2.24. The highest BCUT2D eigenvalue weighted by atomic mass is 16.5. The fraction of sp³-hybridized carbons (Fsp3) is 0.455. The number of aliphatic hydroxyl groups excluding tert-OH is 1. The van der Waals surface area contributed by atoms with E-state index in [1.54, 1.807) is 23.2 Å². The summed E-state index contributed by atoms with van der Waals surface area (Å²) in [7, 11) is 3.15. The van der Waals surface area contributed by atoms with Crippen molar-refractivity contribution >= 4 is 11.8 Å². The zero-order chi connectivity index (χ0) is 12.1. The van der Waals surface area contributed by atoms with Crippen molar-refractivity contribution in [1.29, 1.82) is 0 Å². The summed E-state index contributed by atoms with van der Waals surface area (Å²) in [6.45, 7) is 1.90. The lowest BCUT2D eigenvalue weighted by Crippen LogP contribution is -2.32. The number of esters is 1. The van der Waals surface area contributed by atoms with Crippen LogP contribution in [0, 0.1) is 0 Å². The second-order valence-corrected chi connectivity index (χ2v) is 3.54. The molecular weight excluding hydrogens is 208 g/mol. The molecule has 16 heavy (non-hydrogen) atoms. The standard InChI is InChI=1S/C11H16N2O3/c1-8(7-14)13(2)10-6-9(4-5-12-10)11(15)16-3/h4-6,8,14H,7H2,1-3H3. The van der Waals surface area contributed by atoms with Crippen LogP contribution >= 0.6 is 0 Å². The normalized spacial score (nSPS) is 12.0. The van der Waals surface area contributed by atoms with E-state index in [0.29, 0.717) is 11.4 Å². The van der Waals surface area contributed by atoms with Gasteiger partial charge in [0.05, 0.1) is 25.3 Å². The van der Waals surface area contributed by atoms with E-state index in [9.17, 15) is 4.79 Å². The Balaban J connectivity index is 2.94. The van der Waals surface area contributed by atoms with Crippen molar-refractivity contribution in [3.8, 4) is 0 Å². The van der Waals surface area contributed by atoms with Crippen LogP contribution in [0.15, 0.2) is 18.3 Å². The Bertz CT molecular complexity index is 368. The number of carbonyl (C=O) groups is 1. The molecule has 0 saturated carbocycles. The summed E-state index contributed by atoms with van der Waals surface area (Å²) in [6, 6.07) is 3.17. The number of rotatable bonds is 4. The van der Waals surface area contributed by atoms with Crippen molar-refractivity contribution in [1.82, 2.24) is 4.98 Å². The third-order valence-electron chi connectivity index (χ3n) is 2.45. The molecule has 0 bridgehead atoms. The van der Waals surface area contributed by atoms with Gasteiger partial charge in [0.2, 0.25) is 0 Å². The number of hydrogen-bond acceptors (Lipinski definition) is 5. The van der Waals surface area contributed by atoms with Gasteiger partial charge in [0.25, 0.3) is 0 Å². The average molecular weight is 224 g/mol. The number of ether oxygens (including phenoxy) is 1. The van der Waals surface area contributed by atoms with E-state index in [2.05, 4.69) is 9.72 Å². The van der Waals surface area contributed by atoms with Crippen LogP contribution < -0.4 is 4.90 Å². The van der Waals surface area contributed by atoms with Gasteiger partial charge < -0.3 is 14.7 Å². The van der Waals surface area contributed by atoms with Crippen molar-refractivity contribution in [3.63, 3.8) is 0 Å². The van der Waals surface area contributed by atoms with E-state index in [4.69, 9.17) is 5.11 Å². The van der Waals surface area contributed by atoms with Gasteiger partial charge in [-0.3, -0.25) is 0 Å². The molecule has 5 heteroatoms. The highest BCUT2D eigenvalue weighted by Crippen LogP contribution is 2.14. The molecule has 1 heterocycles. The Hall–Kier alpha value is -1.62. The summed E-state index contributed by atoms with van der Waals surface area (Å²) in [5, 5.41) is 9.03. The maximum absolute atomic E-state index is 11.3. The van der Waals surface area contributed by atoms with Crippen molar-refractivity contribution in [2.75, 3.05) is 25.7 Å². The Morgan fingerprint density at radius 3 is 2.94 bits per heavy atom. The predicted octanol–water partition coefficient (Wildman–Crippen LogP) is 0.685. The van der Waals surface area contributed by atoms with Gasteiger partial charge >= 0.3 is 5.97 Å². The minimum Gasteiger partial charge on any atom is -0.465 e. The minimum atomic E-state index is -0.395. The smallest absolute Gasteiger partial charge is 0.338 e. The molecule has 0 aromatic carbocycles. The maximum Gasteiger partial charge on any atom is 0.338 e. The second kappa shape index (κ2) is 5.46. The van der Waals surface area contributed by atoms with Gasteiger partial charge in [0.1, 0.15) is 5.82 Å². The minimum absolute atomic E-state index is 0.0284. The Labute approximate surface area is 94.7 Å². The molecule has 1 N–H and O–H groups in total. The van der Waals surface area contributed by atoms with Crippen LogP contribution in [-0.2, 0) is 4.74 Å². The Kier molecular flexibility index (Phi) is 4.25. The van der Waals surface area contributed by atoms with Crippen LogP contribution in [0.4, 0.5) is 5.82 Å². The van der Waals surface area contributed by atoms with E-state index < -0.39 is 5.97 Å². The zero-order valence-electron chi connectivity index (χ0n) is 9.67. The molecule has 1 aromatic rings. The average Bonchev–Trinajstić information content (AvgIpc) is 2.36. The number of nitrogens with zero attached hydrogens (tertiary/aromatic N) is 2. The quantitative estimate of drug-likeness (QED) is 0.762. The molecule has 5 nitrogen and oxygen atoms in total. The SMILES string of the molecule is COC(=O)c1ccnc(N(C)C(C)CO)c1. The molecule has 0 radical (unpaired) electrons. The third-order valence-corrected chi connectivity index (χ3v) is 2.45. The summed E-state index contributed by atoms with van der Waals surface area (Å²) in [5.74, 6) is 0.234. The van der Waals surface area contributed by atoms with Crippen LogP contribution in [0.3, 0.4) is 0 Å². The number of aliphatic hydroxyl groups is 1. The highest BCUT2D eigenvalue weighted by Gasteiger charge is 2.12. The lowest BCUT2D eigenvalue weighted by molar-refractivity contribution is 0.0600. The van der Waals surface area contributed by atoms with Crippen molar-refractivity contribution in [2.45, 2.75) is 13.0 Å². The van der Waals surface area contributed by atoms with Crippen molar-refractivity contribution < 1.29 is 14.6 Å². The van der Waals surface area contributed by atoms with E-state index >= 15 is 0 Å². The summed E-state index contributed by atoms with van der Waals surface area (Å²) >= 11 is 0. The van der Waals surface area contributed by atoms with Crippen molar-refractivity contribution in [2.24, 2.45) is 0 Å². The summed E-state index contributed by atoms with van der Waals surface area (Å²) in [6.07, 6.45) is 1.54. The molecule has 0 spiro atoms. The van der Waals surface area contributed by atoms with Crippen molar-refractivity contribution in [3.05, 3.63) is 23.9 Å². The first-order chi connectivity index (χ1) is 7.60. The number of pyridine rings is 1. The highest BCUT2D eigenvalue weighted by molar-refractivity contribution is 5.90. The summed E-state index contributed by atoms with van der Waals surface area (Å²) in [5.41, 5.74) is 0.449. The molecule has 0 aliphatic heterocycles. The van der Waals surface area contributed by atoms with Gasteiger partial charge in [-0.05, 0) is 19.1 Å². The summed E-state index contributed by atoms with van der Waals surface area (Å²) in [4.78, 5) is 17.2. The summed E-state index contributed by atoms with van der Waals surface area (Å²) < 4.78 is 4.62. The van der Waals surface area contributed by atoms with E-state index in [0.717, 1.165) is 0 Å². The number of aromatic nitrogens is 1. The maximum atomic E-state index is 11.3. The fourth-order valence-electron chi connectivity index (χ4n) is 1.20. The first-order valence-corrected chi connectivity index (χ1v) is 4.98. The molecule has 1 aromatic heterocycles. The largest absolute Gasteiger partial charge is 0.465 e. The lowest BCUT2D eigenvalue weighted by atomic mass is 10.2. The zero-order valence-corrected chi connectivity index (χ0v) is 9.67. The number of likely N-dealkylation sites (N-methyl/N-ethyl adjacent to an activating group) is 1. The number of hydrogen-bond donors (Lipinski definition) is 1. The number of anilines is 1. The molecule has 0 aliphatic carbocycles. The molecular formula is C11H16N2O3. The van der Waals surface area contributed by atoms with E-state index in [1.165, 1.54) is 7.11 Å². The topological polar surface area (TPSA) is 62.7 Å². The second-order valence-electron chi connectivity index (χ2n) is 3.54. The molecule has 1 rings (SSSR count). The van der Waals surface area contributed by atoms with Crippen LogP contribution in [0.1, 0.15) is 17.3 Å². The van der Waals surface area contributed by atoms with Crippen LogP contribution in [0.5, 0.6) is 0 Å². The van der Waals surface area contributed by atoms with Gasteiger partial charge in [-0.2, -0.15) is 0 Å². The number of methoxy groups -OCH3 is 1. The van der Waals surface area contributed by atoms with Gasteiger partial charge in [-0.25, -0.2) is 9.78 Å². The van der Waals surface area contributed by atoms with E-state index in [-0.39, 0.29) is 12.6 Å². The molecule has 0 saturated heterocycles. The van der Waals surface area contributed by atoms with Gasteiger partial charge in [-0.15, -0.1) is 0 Å². The van der Waals surface area contributed by atoms with Crippen LogP contribution in [0.2, 0.25) is 0 Å². The Morgan fingerprint density at radius 1 is 1.69 bits per heavy atom. The molecule has 1 unspecified atom stereocenters. The van der Waals surface area contributed by atoms with Crippen LogP contribution in [-0.4, -0.2) is 42.9 Å². The first kappa shape index (κ1) is 12.4. The third kappa shape index (κ3) is 2.70. The van der Waals surface area contributed by atoms with E-state index in [1.807, 2.05) is 14.0 Å². The molecule has 0 aliphatic rings. The molecule has 1 atom stereocenters. The monoisotopic (exact) mass is 224 g/mol. The molecule has 0 amide bonds. The first-order valence-electron chi connectivity index (χ1n) is 4.98. The Morgan fingerprint density at radius 2 is 2.38 bits per heavy atom. The van der Waals surface area contributed by atoms with Gasteiger partial charge in [-0.1, -0.05) is 0 Å². The van der Waals surface area contributed by atoms with Gasteiger partial charge in [0.15, 0.2) is 0 Å². The predicted molar refractivity (Wildman–Crippen MR) is 60.5 cm³/mol. The molecule has 0 fully saturated rings. The fourth-order valence-corrected chi connectivity index (χ4v) is 1.20.